The van der Waals surface area contributed by atoms with E-state index in [0.29, 0.717) is 5.41 Å². The van der Waals surface area contributed by atoms with Crippen LogP contribution in [0.25, 0.3) is 0 Å². The molecule has 3 rings (SSSR count). The van der Waals surface area contributed by atoms with Gasteiger partial charge in [-0.15, -0.1) is 0 Å². The van der Waals surface area contributed by atoms with Crippen molar-refractivity contribution < 1.29 is 4.39 Å². The standard InChI is InChI=1S/C19H28FN/c1-2-11-21-15-19(16-7-6-8-17(20)12-16)13-18(14-19)9-4-3-5-10-18/h6-8,12,21H,2-5,9-11,13-15H2,1H3. The molecule has 2 saturated carbocycles. The van der Waals surface area contributed by atoms with Crippen LogP contribution in [0.1, 0.15) is 63.9 Å². The second-order valence-electron chi connectivity index (χ2n) is 7.38. The molecule has 0 atom stereocenters. The number of benzene rings is 1. The molecule has 21 heavy (non-hydrogen) atoms. The summed E-state index contributed by atoms with van der Waals surface area (Å²) in [6.45, 7) is 4.27. The molecule has 2 aliphatic rings. The van der Waals surface area contributed by atoms with Crippen molar-refractivity contribution in [3.05, 3.63) is 35.6 Å². The maximum absolute atomic E-state index is 13.7. The third-order valence-corrected chi connectivity index (χ3v) is 5.67. The molecule has 2 aliphatic carbocycles. The van der Waals surface area contributed by atoms with Gasteiger partial charge < -0.3 is 5.32 Å². The molecular weight excluding hydrogens is 261 g/mol. The normalized spacial score (nSPS) is 23.0. The molecule has 0 bridgehead atoms. The van der Waals surface area contributed by atoms with E-state index in [1.165, 1.54) is 50.5 Å². The van der Waals surface area contributed by atoms with Crippen LogP contribution < -0.4 is 5.32 Å². The lowest BCUT2D eigenvalue weighted by Crippen LogP contribution is -2.55. The second-order valence-corrected chi connectivity index (χ2v) is 7.38. The van der Waals surface area contributed by atoms with Crippen LogP contribution in [0.5, 0.6) is 0 Å². The van der Waals surface area contributed by atoms with Crippen LogP contribution >= 0.6 is 0 Å². The van der Waals surface area contributed by atoms with Gasteiger partial charge in [0.1, 0.15) is 5.82 Å². The van der Waals surface area contributed by atoms with Crippen molar-refractivity contribution in [3.63, 3.8) is 0 Å². The van der Waals surface area contributed by atoms with Gasteiger partial charge in [0.2, 0.25) is 0 Å². The predicted octanol–water partition coefficient (Wildman–Crippen LogP) is 4.81. The van der Waals surface area contributed by atoms with Crippen LogP contribution in [0.4, 0.5) is 4.39 Å². The molecule has 1 aromatic carbocycles. The molecule has 0 saturated heterocycles. The highest BCUT2D eigenvalue weighted by molar-refractivity contribution is 5.32. The monoisotopic (exact) mass is 289 g/mol. The second kappa shape index (κ2) is 6.08. The van der Waals surface area contributed by atoms with Crippen LogP contribution in [0.3, 0.4) is 0 Å². The summed E-state index contributed by atoms with van der Waals surface area (Å²) in [6.07, 6.45) is 10.6. The molecule has 0 heterocycles. The van der Waals surface area contributed by atoms with E-state index in [1.54, 1.807) is 12.1 Å². The van der Waals surface area contributed by atoms with Gasteiger partial charge in [0, 0.05) is 12.0 Å². The number of rotatable bonds is 5. The predicted molar refractivity (Wildman–Crippen MR) is 86.0 cm³/mol. The number of hydrogen-bond acceptors (Lipinski definition) is 1. The highest BCUT2D eigenvalue weighted by atomic mass is 19.1. The fraction of sp³-hybridized carbons (Fsp3) is 0.684. The van der Waals surface area contributed by atoms with E-state index in [-0.39, 0.29) is 11.2 Å². The van der Waals surface area contributed by atoms with E-state index in [0.717, 1.165) is 19.5 Å². The zero-order valence-electron chi connectivity index (χ0n) is 13.3. The Morgan fingerprint density at radius 1 is 1.14 bits per heavy atom. The Morgan fingerprint density at radius 2 is 1.90 bits per heavy atom. The molecule has 0 radical (unpaired) electrons. The van der Waals surface area contributed by atoms with Crippen molar-refractivity contribution in [2.75, 3.05) is 13.1 Å². The molecule has 0 unspecified atom stereocenters. The van der Waals surface area contributed by atoms with E-state index < -0.39 is 0 Å². The zero-order chi connectivity index (χ0) is 14.8. The Hall–Kier alpha value is -0.890. The van der Waals surface area contributed by atoms with Crippen molar-refractivity contribution in [1.82, 2.24) is 5.32 Å². The Morgan fingerprint density at radius 3 is 2.57 bits per heavy atom. The smallest absolute Gasteiger partial charge is 0.123 e. The third-order valence-electron chi connectivity index (χ3n) is 5.67. The fourth-order valence-corrected chi connectivity index (χ4v) is 4.79. The number of halogens is 1. The van der Waals surface area contributed by atoms with Crippen LogP contribution in [0, 0.1) is 11.2 Å². The molecule has 1 spiro atoms. The van der Waals surface area contributed by atoms with E-state index in [9.17, 15) is 4.39 Å². The van der Waals surface area contributed by atoms with E-state index >= 15 is 0 Å². The van der Waals surface area contributed by atoms with Gasteiger partial charge in [-0.2, -0.15) is 0 Å². The fourth-order valence-electron chi connectivity index (χ4n) is 4.79. The Labute approximate surface area is 128 Å². The van der Waals surface area contributed by atoms with Crippen LogP contribution in [0.2, 0.25) is 0 Å². The molecule has 0 aliphatic heterocycles. The van der Waals surface area contributed by atoms with Crippen molar-refractivity contribution >= 4 is 0 Å². The minimum absolute atomic E-state index is 0.0908. The molecule has 0 amide bonds. The van der Waals surface area contributed by atoms with E-state index in [1.807, 2.05) is 6.07 Å². The zero-order valence-corrected chi connectivity index (χ0v) is 13.3. The summed E-state index contributed by atoms with van der Waals surface area (Å²) < 4.78 is 13.7. The molecule has 0 aromatic heterocycles. The Kier molecular flexibility index (Phi) is 4.35. The summed E-state index contributed by atoms with van der Waals surface area (Å²) in [4.78, 5) is 0. The third kappa shape index (κ3) is 3.01. The average Bonchev–Trinajstić information content (AvgIpc) is 2.46. The summed E-state index contributed by atoms with van der Waals surface area (Å²) >= 11 is 0. The number of nitrogens with one attached hydrogen (secondary N) is 1. The van der Waals surface area contributed by atoms with Gasteiger partial charge in [0.25, 0.3) is 0 Å². The van der Waals surface area contributed by atoms with Crippen LogP contribution in [-0.4, -0.2) is 13.1 Å². The molecule has 1 nitrogen and oxygen atoms in total. The van der Waals surface area contributed by atoms with Crippen LogP contribution in [-0.2, 0) is 5.41 Å². The van der Waals surface area contributed by atoms with Gasteiger partial charge in [-0.05, 0) is 61.8 Å². The SMILES string of the molecule is CCCNCC1(c2cccc(F)c2)CC2(CCCCC2)C1. The first-order valence-corrected chi connectivity index (χ1v) is 8.65. The summed E-state index contributed by atoms with van der Waals surface area (Å²) in [5, 5.41) is 3.60. The van der Waals surface area contributed by atoms with Gasteiger partial charge in [-0.1, -0.05) is 38.3 Å². The topological polar surface area (TPSA) is 12.0 Å². The van der Waals surface area contributed by atoms with Gasteiger partial charge in [-0.3, -0.25) is 0 Å². The highest BCUT2D eigenvalue weighted by Crippen LogP contribution is 2.61. The van der Waals surface area contributed by atoms with Gasteiger partial charge in [-0.25, -0.2) is 4.39 Å². The first kappa shape index (κ1) is 15.0. The van der Waals surface area contributed by atoms with E-state index in [2.05, 4.69) is 18.3 Å². The van der Waals surface area contributed by atoms with Gasteiger partial charge in [0.15, 0.2) is 0 Å². The summed E-state index contributed by atoms with van der Waals surface area (Å²) in [7, 11) is 0. The lowest BCUT2D eigenvalue weighted by atomic mass is 9.46. The molecule has 2 fully saturated rings. The van der Waals surface area contributed by atoms with E-state index in [4.69, 9.17) is 0 Å². The molecule has 1 N–H and O–H groups in total. The lowest BCUT2D eigenvalue weighted by Gasteiger charge is -2.59. The Bertz CT molecular complexity index is 468. The summed E-state index contributed by atoms with van der Waals surface area (Å²) in [5.41, 5.74) is 1.95. The number of hydrogen-bond donors (Lipinski definition) is 1. The Balaban J connectivity index is 1.77. The molecular formula is C19H28FN. The first-order valence-electron chi connectivity index (χ1n) is 8.65. The quantitative estimate of drug-likeness (QED) is 0.767. The average molecular weight is 289 g/mol. The van der Waals surface area contributed by atoms with Gasteiger partial charge >= 0.3 is 0 Å². The minimum atomic E-state index is -0.0908. The van der Waals surface area contributed by atoms with Crippen molar-refractivity contribution in [3.8, 4) is 0 Å². The largest absolute Gasteiger partial charge is 0.316 e. The molecule has 2 heteroatoms. The summed E-state index contributed by atoms with van der Waals surface area (Å²) in [6, 6.07) is 7.33. The first-order chi connectivity index (χ1) is 10.2. The van der Waals surface area contributed by atoms with Crippen LogP contribution in [0.15, 0.2) is 24.3 Å². The van der Waals surface area contributed by atoms with Crippen molar-refractivity contribution in [2.45, 2.75) is 63.7 Å². The minimum Gasteiger partial charge on any atom is -0.316 e. The van der Waals surface area contributed by atoms with Crippen molar-refractivity contribution in [1.29, 1.82) is 0 Å². The van der Waals surface area contributed by atoms with Gasteiger partial charge in [0.05, 0.1) is 0 Å². The highest BCUT2D eigenvalue weighted by Gasteiger charge is 2.54. The maximum atomic E-state index is 13.7. The lowest BCUT2D eigenvalue weighted by molar-refractivity contribution is -0.0128. The molecule has 1 aromatic rings. The molecule has 116 valence electrons. The summed E-state index contributed by atoms with van der Waals surface area (Å²) in [5.74, 6) is -0.0908. The van der Waals surface area contributed by atoms with Crippen molar-refractivity contribution in [2.24, 2.45) is 5.41 Å². The maximum Gasteiger partial charge on any atom is 0.123 e.